The number of rotatable bonds is 5. The zero-order valence-corrected chi connectivity index (χ0v) is 16.1. The number of hydrogen-bond donors (Lipinski definition) is 0. The zero-order valence-electron chi connectivity index (χ0n) is 15.3. The molecule has 140 valence electrons. The Bertz CT molecular complexity index is 1270. The lowest BCUT2D eigenvalue weighted by Crippen LogP contribution is -2.26. The van der Waals surface area contributed by atoms with E-state index in [2.05, 4.69) is 16.0 Å². The molecule has 4 aromatic rings. The first kappa shape index (κ1) is 17.9. The minimum Gasteiger partial charge on any atom is -0.477 e. The van der Waals surface area contributed by atoms with Crippen molar-refractivity contribution in [2.75, 3.05) is 13.2 Å². The zero-order chi connectivity index (χ0) is 19.7. The Hall–Kier alpha value is -3.44. The largest absolute Gasteiger partial charge is 0.477 e. The molecule has 0 fully saturated rings. The van der Waals surface area contributed by atoms with E-state index in [0.717, 1.165) is 10.3 Å². The second-order valence-electron chi connectivity index (χ2n) is 5.83. The molecule has 0 radical (unpaired) electrons. The summed E-state index contributed by atoms with van der Waals surface area (Å²) in [5.74, 6) is 0.257. The van der Waals surface area contributed by atoms with Crippen molar-refractivity contribution in [3.05, 3.63) is 52.6 Å². The number of nitriles is 1. The molecule has 7 nitrogen and oxygen atoms in total. The van der Waals surface area contributed by atoms with Crippen LogP contribution in [-0.4, -0.2) is 27.9 Å². The average Bonchev–Trinajstić information content (AvgIpc) is 3.09. The molecule has 0 aliphatic rings. The van der Waals surface area contributed by atoms with Crippen LogP contribution in [0, 0.1) is 11.3 Å². The smallest absolute Gasteiger partial charge is 0.304 e. The number of ether oxygens (including phenoxy) is 1. The van der Waals surface area contributed by atoms with E-state index < -0.39 is 0 Å². The molecule has 0 saturated carbocycles. The third-order valence-corrected chi connectivity index (χ3v) is 5.25. The fourth-order valence-corrected chi connectivity index (χ4v) is 4.15. The van der Waals surface area contributed by atoms with Gasteiger partial charge in [0.2, 0.25) is 5.88 Å². The van der Waals surface area contributed by atoms with Gasteiger partial charge in [-0.3, -0.25) is 4.79 Å². The summed E-state index contributed by atoms with van der Waals surface area (Å²) in [4.78, 5) is 27.7. The van der Waals surface area contributed by atoms with Gasteiger partial charge in [0.15, 0.2) is 0 Å². The second kappa shape index (κ2) is 7.29. The normalized spacial score (nSPS) is 10.9. The van der Waals surface area contributed by atoms with Crippen LogP contribution in [0.15, 0.2) is 41.5 Å². The van der Waals surface area contributed by atoms with Crippen LogP contribution in [0.4, 0.5) is 0 Å². The Balaban J connectivity index is 2.17. The first-order chi connectivity index (χ1) is 13.7. The van der Waals surface area contributed by atoms with Gasteiger partial charge in [-0.2, -0.15) is 5.26 Å². The van der Waals surface area contributed by atoms with E-state index in [4.69, 9.17) is 9.57 Å². The summed E-state index contributed by atoms with van der Waals surface area (Å²) in [6.07, 6.45) is 1.36. The van der Waals surface area contributed by atoms with Crippen LogP contribution in [0.1, 0.15) is 19.4 Å². The number of pyridine rings is 1. The van der Waals surface area contributed by atoms with Gasteiger partial charge in [0.25, 0.3) is 0 Å². The highest BCUT2D eigenvalue weighted by molar-refractivity contribution is 7.25. The fraction of sp³-hybridized carbons (Fsp3) is 0.200. The molecule has 3 heterocycles. The second-order valence-corrected chi connectivity index (χ2v) is 6.83. The van der Waals surface area contributed by atoms with Crippen molar-refractivity contribution in [3.63, 3.8) is 0 Å². The van der Waals surface area contributed by atoms with Gasteiger partial charge in [-0.05, 0) is 19.4 Å². The summed E-state index contributed by atoms with van der Waals surface area (Å²) in [6.45, 7) is 4.35. The van der Waals surface area contributed by atoms with Crippen LogP contribution in [-0.2, 0) is 0 Å². The van der Waals surface area contributed by atoms with Crippen LogP contribution >= 0.6 is 11.3 Å². The van der Waals surface area contributed by atoms with Crippen LogP contribution in [0.2, 0.25) is 0 Å². The molecular formula is C20H16N4O3S. The summed E-state index contributed by atoms with van der Waals surface area (Å²) in [7, 11) is 0. The van der Waals surface area contributed by atoms with Crippen molar-refractivity contribution in [1.82, 2.24) is 14.7 Å². The number of thiophene rings is 1. The van der Waals surface area contributed by atoms with E-state index in [-0.39, 0.29) is 11.4 Å². The Morgan fingerprint density at radius 3 is 2.68 bits per heavy atom. The molecule has 0 aliphatic carbocycles. The van der Waals surface area contributed by atoms with E-state index in [9.17, 15) is 10.1 Å². The Labute approximate surface area is 164 Å². The summed E-state index contributed by atoms with van der Waals surface area (Å²) in [6, 6.07) is 11.7. The topological polar surface area (TPSA) is 90.0 Å². The molecule has 0 spiro atoms. The predicted octanol–water partition coefficient (Wildman–Crippen LogP) is 3.39. The molecule has 0 saturated heterocycles. The molecule has 3 aromatic heterocycles. The summed E-state index contributed by atoms with van der Waals surface area (Å²) in [5, 5.41) is 10.5. The first-order valence-electron chi connectivity index (χ1n) is 8.79. The van der Waals surface area contributed by atoms with Crippen molar-refractivity contribution in [1.29, 1.82) is 5.26 Å². The van der Waals surface area contributed by atoms with Gasteiger partial charge in [0, 0.05) is 10.9 Å². The Morgan fingerprint density at radius 1 is 1.21 bits per heavy atom. The monoisotopic (exact) mass is 392 g/mol. The van der Waals surface area contributed by atoms with E-state index in [1.165, 1.54) is 17.7 Å². The number of nitrogens with zero attached hydrogens (tertiary/aromatic N) is 4. The molecule has 0 bridgehead atoms. The number of aromatic nitrogens is 3. The molecule has 1 aromatic carbocycles. The lowest BCUT2D eigenvalue weighted by molar-refractivity contribution is 0.112. The van der Waals surface area contributed by atoms with Crippen molar-refractivity contribution >= 4 is 31.8 Å². The van der Waals surface area contributed by atoms with Gasteiger partial charge in [-0.15, -0.1) is 16.1 Å². The SMILES string of the molecule is CCOc1nc2sc3c(=O)n(OCC)cnc3c2c(-c2ccccc2)c1C#N. The average molecular weight is 392 g/mol. The lowest BCUT2D eigenvalue weighted by Gasteiger charge is -2.11. The molecule has 28 heavy (non-hydrogen) atoms. The van der Waals surface area contributed by atoms with E-state index >= 15 is 0 Å². The minimum absolute atomic E-state index is 0.257. The highest BCUT2D eigenvalue weighted by Crippen LogP contribution is 2.41. The molecule has 8 heteroatoms. The number of hydrogen-bond acceptors (Lipinski definition) is 7. The molecular weight excluding hydrogens is 376 g/mol. The van der Waals surface area contributed by atoms with Gasteiger partial charge in [-0.25, -0.2) is 9.97 Å². The lowest BCUT2D eigenvalue weighted by atomic mass is 9.98. The summed E-state index contributed by atoms with van der Waals surface area (Å²) in [5.41, 5.74) is 2.04. The molecule has 0 amide bonds. The third-order valence-electron chi connectivity index (χ3n) is 4.19. The van der Waals surface area contributed by atoms with Crippen LogP contribution in [0.25, 0.3) is 31.6 Å². The third kappa shape index (κ3) is 2.77. The van der Waals surface area contributed by atoms with Gasteiger partial charge in [0.1, 0.15) is 34.1 Å². The molecule has 0 aliphatic heterocycles. The maximum Gasteiger partial charge on any atom is 0.304 e. The number of fused-ring (bicyclic) bond motifs is 3. The molecule has 0 unspecified atom stereocenters. The van der Waals surface area contributed by atoms with Crippen molar-refractivity contribution in [2.24, 2.45) is 0 Å². The highest BCUT2D eigenvalue weighted by atomic mass is 32.1. The summed E-state index contributed by atoms with van der Waals surface area (Å²) < 4.78 is 7.18. The predicted molar refractivity (Wildman–Crippen MR) is 108 cm³/mol. The molecule has 4 rings (SSSR count). The van der Waals surface area contributed by atoms with Gasteiger partial charge >= 0.3 is 5.56 Å². The van der Waals surface area contributed by atoms with Crippen LogP contribution < -0.4 is 15.1 Å². The van der Waals surface area contributed by atoms with E-state index in [0.29, 0.717) is 44.8 Å². The quantitative estimate of drug-likeness (QED) is 0.517. The standard InChI is InChI=1S/C20H16N4O3S/c1-3-26-18-13(10-21)14(12-8-6-5-7-9-12)15-16-17(28-19(15)23-18)20(25)24(11-22-16)27-4-2/h5-9,11H,3-4H2,1-2H3. The number of benzene rings is 1. The van der Waals surface area contributed by atoms with Crippen LogP contribution in [0.5, 0.6) is 5.88 Å². The first-order valence-corrected chi connectivity index (χ1v) is 9.60. The Morgan fingerprint density at radius 2 is 2.00 bits per heavy atom. The summed E-state index contributed by atoms with van der Waals surface area (Å²) >= 11 is 1.22. The highest BCUT2D eigenvalue weighted by Gasteiger charge is 2.23. The van der Waals surface area contributed by atoms with Crippen molar-refractivity contribution in [2.45, 2.75) is 13.8 Å². The van der Waals surface area contributed by atoms with Crippen molar-refractivity contribution < 1.29 is 9.57 Å². The molecule has 0 atom stereocenters. The van der Waals surface area contributed by atoms with Gasteiger partial charge < -0.3 is 9.57 Å². The van der Waals surface area contributed by atoms with Crippen LogP contribution in [0.3, 0.4) is 0 Å². The maximum atomic E-state index is 12.8. The van der Waals surface area contributed by atoms with Gasteiger partial charge in [0.05, 0.1) is 12.1 Å². The molecule has 0 N–H and O–H groups in total. The maximum absolute atomic E-state index is 12.8. The van der Waals surface area contributed by atoms with E-state index in [1.54, 1.807) is 6.92 Å². The van der Waals surface area contributed by atoms with E-state index in [1.807, 2.05) is 37.3 Å². The van der Waals surface area contributed by atoms with Crippen molar-refractivity contribution in [3.8, 4) is 23.1 Å². The minimum atomic E-state index is -0.301. The Kier molecular flexibility index (Phi) is 4.67. The van der Waals surface area contributed by atoms with Gasteiger partial charge in [-0.1, -0.05) is 30.3 Å². The fourth-order valence-electron chi connectivity index (χ4n) is 3.10.